The van der Waals surface area contributed by atoms with E-state index < -0.39 is 18.5 Å². The van der Waals surface area contributed by atoms with Crippen LogP contribution in [-0.2, 0) is 14.3 Å². The monoisotopic (exact) mass is 434 g/mol. The fourth-order valence-electron chi connectivity index (χ4n) is 2.79. The summed E-state index contributed by atoms with van der Waals surface area (Å²) in [7, 11) is 0. The third kappa shape index (κ3) is 6.51. The van der Waals surface area contributed by atoms with Gasteiger partial charge in [0.1, 0.15) is 0 Å². The van der Waals surface area contributed by atoms with E-state index in [9.17, 15) is 14.4 Å². The van der Waals surface area contributed by atoms with Crippen molar-refractivity contribution in [1.29, 1.82) is 0 Å². The van der Waals surface area contributed by atoms with Crippen molar-refractivity contribution in [2.75, 3.05) is 24.7 Å². The van der Waals surface area contributed by atoms with Crippen LogP contribution >= 0.6 is 23.4 Å². The third-order valence-corrected chi connectivity index (χ3v) is 5.17. The van der Waals surface area contributed by atoms with Gasteiger partial charge in [-0.1, -0.05) is 29.3 Å². The van der Waals surface area contributed by atoms with Gasteiger partial charge in [0.25, 0.3) is 5.91 Å². The van der Waals surface area contributed by atoms with E-state index in [-0.39, 0.29) is 23.0 Å². The zero-order valence-corrected chi connectivity index (χ0v) is 18.3. The van der Waals surface area contributed by atoms with Gasteiger partial charge in [-0.25, -0.2) is 4.79 Å². The molecule has 0 heterocycles. The lowest BCUT2D eigenvalue weighted by Gasteiger charge is -2.13. The number of amides is 2. The van der Waals surface area contributed by atoms with Gasteiger partial charge in [-0.3, -0.25) is 9.59 Å². The molecule has 0 aliphatic carbocycles. The van der Waals surface area contributed by atoms with Gasteiger partial charge in [-0.2, -0.15) is 0 Å². The first kappa shape index (κ1) is 22.8. The molecule has 0 bridgehead atoms. The Hall–Kier alpha value is -2.51. The van der Waals surface area contributed by atoms with Crippen LogP contribution < -0.4 is 10.6 Å². The van der Waals surface area contributed by atoms with Crippen LogP contribution in [0.1, 0.15) is 27.0 Å². The highest BCUT2D eigenvalue weighted by molar-refractivity contribution is 7.98. The molecule has 0 unspecified atom stereocenters. The van der Waals surface area contributed by atoms with Crippen molar-refractivity contribution in [2.45, 2.75) is 25.7 Å². The predicted molar refractivity (Wildman–Crippen MR) is 116 cm³/mol. The molecule has 0 saturated carbocycles. The molecule has 0 radical (unpaired) electrons. The molecule has 2 aromatic rings. The lowest BCUT2D eigenvalue weighted by Crippen LogP contribution is -2.35. The highest BCUT2D eigenvalue weighted by Gasteiger charge is 2.15. The Morgan fingerprint density at radius 2 is 1.69 bits per heavy atom. The maximum absolute atomic E-state index is 12.1. The van der Waals surface area contributed by atoms with E-state index in [0.29, 0.717) is 0 Å². The van der Waals surface area contributed by atoms with E-state index in [2.05, 4.69) is 10.6 Å². The molecule has 154 valence electrons. The highest BCUT2D eigenvalue weighted by Crippen LogP contribution is 2.24. The molecule has 0 saturated heterocycles. The van der Waals surface area contributed by atoms with Gasteiger partial charge in [0.15, 0.2) is 6.61 Å². The number of hydrogen-bond donors (Lipinski definition) is 2. The quantitative estimate of drug-likeness (QED) is 0.510. The number of thioether (sulfide) groups is 1. The van der Waals surface area contributed by atoms with Crippen molar-refractivity contribution >= 4 is 46.8 Å². The minimum atomic E-state index is -0.698. The van der Waals surface area contributed by atoms with Crippen LogP contribution in [0.3, 0.4) is 0 Å². The summed E-state index contributed by atoms with van der Waals surface area (Å²) < 4.78 is 5.00. The Labute approximate surface area is 179 Å². The summed E-state index contributed by atoms with van der Waals surface area (Å²) in [6.07, 6.45) is 1.87. The maximum atomic E-state index is 12.1. The second-order valence-electron chi connectivity index (χ2n) is 6.52. The number of aryl methyl sites for hydroxylation is 3. The summed E-state index contributed by atoms with van der Waals surface area (Å²) in [6.45, 7) is 5.06. The average Bonchev–Trinajstić information content (AvgIpc) is 2.67. The molecule has 2 aromatic carbocycles. The molecule has 6 nitrogen and oxygen atoms in total. The number of ether oxygens (including phenoxy) is 1. The predicted octanol–water partition coefficient (Wildman–Crippen LogP) is 3.90. The van der Waals surface area contributed by atoms with Crippen molar-refractivity contribution in [2.24, 2.45) is 0 Å². The molecule has 2 N–H and O–H groups in total. The number of nitrogens with one attached hydrogen (secondary N) is 2. The summed E-state index contributed by atoms with van der Waals surface area (Å²) in [6, 6.07) is 8.93. The van der Waals surface area contributed by atoms with Crippen LogP contribution in [0.5, 0.6) is 0 Å². The summed E-state index contributed by atoms with van der Waals surface area (Å²) in [4.78, 5) is 37.0. The van der Waals surface area contributed by atoms with Gasteiger partial charge >= 0.3 is 5.97 Å². The normalized spacial score (nSPS) is 10.4. The highest BCUT2D eigenvalue weighted by atomic mass is 35.5. The average molecular weight is 435 g/mol. The van der Waals surface area contributed by atoms with Gasteiger partial charge in [0.2, 0.25) is 5.91 Å². The Balaban J connectivity index is 1.84. The lowest BCUT2D eigenvalue weighted by molar-refractivity contribution is -0.126. The summed E-state index contributed by atoms with van der Waals surface area (Å²) in [5.41, 5.74) is 3.91. The smallest absolute Gasteiger partial charge is 0.340 e. The molecule has 0 fully saturated rings. The van der Waals surface area contributed by atoms with E-state index in [0.717, 1.165) is 27.3 Å². The second kappa shape index (κ2) is 10.3. The molecular weight excluding hydrogens is 412 g/mol. The Kier molecular flexibility index (Phi) is 8.10. The van der Waals surface area contributed by atoms with Crippen LogP contribution in [0, 0.1) is 20.8 Å². The van der Waals surface area contributed by atoms with Crippen LogP contribution in [0.4, 0.5) is 5.69 Å². The molecule has 0 aliphatic rings. The van der Waals surface area contributed by atoms with Crippen molar-refractivity contribution in [1.82, 2.24) is 5.32 Å². The molecule has 2 amide bonds. The first-order chi connectivity index (χ1) is 13.7. The summed E-state index contributed by atoms with van der Waals surface area (Å²) in [5, 5.41) is 5.47. The molecule has 0 atom stereocenters. The van der Waals surface area contributed by atoms with E-state index >= 15 is 0 Å². The standard InChI is InChI=1S/C21H23ClN2O4S/c1-12-7-13(2)20(14(3)8-12)24-18(25)10-23-19(26)11-28-21(27)16-9-15(29-4)5-6-17(16)22/h5-9H,10-11H2,1-4H3,(H,23,26)(H,24,25). The van der Waals surface area contributed by atoms with Crippen LogP contribution in [0.25, 0.3) is 0 Å². The number of esters is 1. The van der Waals surface area contributed by atoms with Crippen molar-refractivity contribution in [3.05, 3.63) is 57.6 Å². The summed E-state index contributed by atoms with van der Waals surface area (Å²) in [5.74, 6) is -1.64. The van der Waals surface area contributed by atoms with Crippen LogP contribution in [0.2, 0.25) is 5.02 Å². The van der Waals surface area contributed by atoms with Crippen LogP contribution in [0.15, 0.2) is 35.2 Å². The first-order valence-electron chi connectivity index (χ1n) is 8.86. The Bertz CT molecular complexity index is 923. The van der Waals surface area contributed by atoms with E-state index in [1.54, 1.807) is 18.2 Å². The topological polar surface area (TPSA) is 84.5 Å². The first-order valence-corrected chi connectivity index (χ1v) is 10.5. The number of rotatable bonds is 7. The molecule has 0 aliphatic heterocycles. The number of hydrogen-bond acceptors (Lipinski definition) is 5. The third-order valence-electron chi connectivity index (χ3n) is 4.12. The van der Waals surface area contributed by atoms with E-state index in [1.165, 1.54) is 11.8 Å². The molecular formula is C21H23ClN2O4S. The molecule has 0 aromatic heterocycles. The van der Waals surface area contributed by atoms with Gasteiger partial charge in [0, 0.05) is 10.6 Å². The zero-order valence-electron chi connectivity index (χ0n) is 16.7. The molecule has 2 rings (SSSR count). The van der Waals surface area contributed by atoms with Gasteiger partial charge in [-0.05, 0) is 56.4 Å². The van der Waals surface area contributed by atoms with Crippen molar-refractivity contribution < 1.29 is 19.1 Å². The second-order valence-corrected chi connectivity index (χ2v) is 7.81. The SMILES string of the molecule is CSc1ccc(Cl)c(C(=O)OCC(=O)NCC(=O)Nc2c(C)cc(C)cc2C)c1. The van der Waals surface area contributed by atoms with Gasteiger partial charge < -0.3 is 15.4 Å². The number of anilines is 1. The molecule has 0 spiro atoms. The summed E-state index contributed by atoms with van der Waals surface area (Å²) >= 11 is 7.47. The largest absolute Gasteiger partial charge is 0.452 e. The van der Waals surface area contributed by atoms with Gasteiger partial charge in [-0.15, -0.1) is 11.8 Å². The number of benzene rings is 2. The minimum Gasteiger partial charge on any atom is -0.452 e. The number of carbonyl (C=O) groups excluding carboxylic acids is 3. The van der Waals surface area contributed by atoms with Crippen molar-refractivity contribution in [3.8, 4) is 0 Å². The molecule has 29 heavy (non-hydrogen) atoms. The minimum absolute atomic E-state index is 0.189. The van der Waals surface area contributed by atoms with E-state index in [1.807, 2.05) is 39.2 Å². The zero-order chi connectivity index (χ0) is 21.6. The lowest BCUT2D eigenvalue weighted by atomic mass is 10.1. The van der Waals surface area contributed by atoms with Gasteiger partial charge in [0.05, 0.1) is 17.1 Å². The Morgan fingerprint density at radius 3 is 2.31 bits per heavy atom. The van der Waals surface area contributed by atoms with E-state index in [4.69, 9.17) is 16.3 Å². The fraction of sp³-hybridized carbons (Fsp3) is 0.286. The number of carbonyl (C=O) groups is 3. The number of halogens is 1. The Morgan fingerprint density at radius 1 is 1.03 bits per heavy atom. The molecule has 8 heteroatoms. The fourth-order valence-corrected chi connectivity index (χ4v) is 3.42. The maximum Gasteiger partial charge on any atom is 0.340 e. The van der Waals surface area contributed by atoms with Crippen LogP contribution in [-0.4, -0.2) is 37.2 Å². The van der Waals surface area contributed by atoms with Crippen molar-refractivity contribution in [3.63, 3.8) is 0 Å².